The number of hydrogen-bond donors (Lipinski definition) is 2. The molecule has 4 heteroatoms. The van der Waals surface area contributed by atoms with Crippen LogP contribution in [-0.2, 0) is 0 Å². The van der Waals surface area contributed by atoms with E-state index in [-0.39, 0.29) is 6.10 Å². The lowest BCUT2D eigenvalue weighted by atomic mass is 10.1. The van der Waals surface area contributed by atoms with Crippen molar-refractivity contribution in [1.29, 1.82) is 0 Å². The number of nitrogens with zero attached hydrogens (tertiary/aromatic N) is 2. The summed E-state index contributed by atoms with van der Waals surface area (Å²) in [5.41, 5.74) is 0. The van der Waals surface area contributed by atoms with Gasteiger partial charge in [-0.15, -0.1) is 0 Å². The first-order valence-corrected chi connectivity index (χ1v) is 7.18. The molecule has 0 radical (unpaired) electrons. The fourth-order valence-corrected chi connectivity index (χ4v) is 2.88. The highest BCUT2D eigenvalue weighted by Crippen LogP contribution is 2.09. The van der Waals surface area contributed by atoms with Crippen LogP contribution in [0.25, 0.3) is 0 Å². The van der Waals surface area contributed by atoms with E-state index in [0.717, 1.165) is 39.3 Å². The maximum Gasteiger partial charge on any atom is 0.0793 e. The molecule has 0 aliphatic carbocycles. The number of nitrogens with one attached hydrogen (secondary N) is 1. The molecule has 0 aromatic heterocycles. The van der Waals surface area contributed by atoms with Gasteiger partial charge in [0, 0.05) is 26.2 Å². The Bertz CT molecular complexity index is 199. The molecule has 1 unspecified atom stereocenters. The van der Waals surface area contributed by atoms with E-state index in [1.165, 1.54) is 38.8 Å². The van der Waals surface area contributed by atoms with Crippen molar-refractivity contribution >= 4 is 0 Å². The van der Waals surface area contributed by atoms with E-state index < -0.39 is 0 Å². The average Bonchev–Trinajstić information content (AvgIpc) is 2.59. The Hall–Kier alpha value is -0.160. The molecule has 2 fully saturated rings. The first kappa shape index (κ1) is 13.3. The van der Waals surface area contributed by atoms with E-state index in [1.807, 2.05) is 0 Å². The number of aliphatic hydroxyl groups is 1. The van der Waals surface area contributed by atoms with Gasteiger partial charge in [0.05, 0.1) is 6.10 Å². The summed E-state index contributed by atoms with van der Waals surface area (Å²) in [4.78, 5) is 4.82. The second kappa shape index (κ2) is 7.31. The van der Waals surface area contributed by atoms with Crippen LogP contribution in [0.15, 0.2) is 0 Å². The molecule has 0 spiro atoms. The molecule has 0 amide bonds. The molecule has 2 saturated heterocycles. The van der Waals surface area contributed by atoms with Gasteiger partial charge in [-0.05, 0) is 45.4 Å². The Balaban J connectivity index is 1.66. The molecule has 2 heterocycles. The van der Waals surface area contributed by atoms with Gasteiger partial charge in [-0.2, -0.15) is 0 Å². The lowest BCUT2D eigenvalue weighted by Crippen LogP contribution is -2.43. The maximum atomic E-state index is 10.1. The maximum absolute atomic E-state index is 10.1. The van der Waals surface area contributed by atoms with Crippen LogP contribution < -0.4 is 5.32 Å². The van der Waals surface area contributed by atoms with Crippen LogP contribution in [0.1, 0.15) is 25.7 Å². The van der Waals surface area contributed by atoms with E-state index in [0.29, 0.717) is 0 Å². The summed E-state index contributed by atoms with van der Waals surface area (Å²) in [5.74, 6) is 0. The van der Waals surface area contributed by atoms with Crippen LogP contribution in [0.2, 0.25) is 0 Å². The predicted octanol–water partition coefficient (Wildman–Crippen LogP) is 0.129. The van der Waals surface area contributed by atoms with Gasteiger partial charge >= 0.3 is 0 Å². The molecule has 17 heavy (non-hydrogen) atoms. The van der Waals surface area contributed by atoms with Gasteiger partial charge in [0.15, 0.2) is 0 Å². The van der Waals surface area contributed by atoms with Crippen LogP contribution in [-0.4, -0.2) is 73.4 Å². The summed E-state index contributed by atoms with van der Waals surface area (Å²) < 4.78 is 0. The normalized spacial score (nSPS) is 26.6. The Labute approximate surface area is 105 Å². The van der Waals surface area contributed by atoms with Crippen LogP contribution >= 0.6 is 0 Å². The standard InChI is InChI=1S/C13H27N3O/c17-13(11-15-7-2-1-3-8-15)12-16-9-4-5-14-6-10-16/h13-14,17H,1-12H2. The summed E-state index contributed by atoms with van der Waals surface area (Å²) in [6, 6.07) is 0. The molecule has 2 N–H and O–H groups in total. The Kier molecular flexibility index (Phi) is 5.71. The highest BCUT2D eigenvalue weighted by Gasteiger charge is 2.17. The Morgan fingerprint density at radius 1 is 0.824 bits per heavy atom. The van der Waals surface area contributed by atoms with Crippen molar-refractivity contribution in [3.63, 3.8) is 0 Å². The average molecular weight is 241 g/mol. The minimum absolute atomic E-state index is 0.175. The molecule has 1 atom stereocenters. The first-order valence-electron chi connectivity index (χ1n) is 7.18. The molecular weight excluding hydrogens is 214 g/mol. The Morgan fingerprint density at radius 2 is 1.47 bits per heavy atom. The molecule has 2 aliphatic heterocycles. The molecular formula is C13H27N3O. The summed E-state index contributed by atoms with van der Waals surface area (Å²) in [6.45, 7) is 8.47. The number of likely N-dealkylation sites (tertiary alicyclic amines) is 1. The third kappa shape index (κ3) is 4.92. The van der Waals surface area contributed by atoms with Crippen LogP contribution in [0.4, 0.5) is 0 Å². The number of piperidine rings is 1. The molecule has 100 valence electrons. The Morgan fingerprint density at radius 3 is 2.24 bits per heavy atom. The van der Waals surface area contributed by atoms with E-state index in [4.69, 9.17) is 0 Å². The summed E-state index contributed by atoms with van der Waals surface area (Å²) in [6.07, 6.45) is 5.01. The van der Waals surface area contributed by atoms with Crippen molar-refractivity contribution in [3.05, 3.63) is 0 Å². The third-order valence-electron chi connectivity index (χ3n) is 3.82. The lowest BCUT2D eigenvalue weighted by Gasteiger charge is -2.30. The number of rotatable bonds is 4. The first-order chi connectivity index (χ1) is 8.34. The second-order valence-electron chi connectivity index (χ2n) is 5.42. The van der Waals surface area contributed by atoms with Crippen molar-refractivity contribution in [2.45, 2.75) is 31.8 Å². The number of hydrogen-bond acceptors (Lipinski definition) is 4. The smallest absolute Gasteiger partial charge is 0.0793 e. The zero-order chi connectivity index (χ0) is 11.9. The topological polar surface area (TPSA) is 38.7 Å². The minimum atomic E-state index is -0.175. The highest BCUT2D eigenvalue weighted by atomic mass is 16.3. The second-order valence-corrected chi connectivity index (χ2v) is 5.42. The minimum Gasteiger partial charge on any atom is -0.390 e. The van der Waals surface area contributed by atoms with Crippen molar-refractivity contribution in [2.75, 3.05) is 52.4 Å². The zero-order valence-corrected chi connectivity index (χ0v) is 10.9. The monoisotopic (exact) mass is 241 g/mol. The van der Waals surface area contributed by atoms with Crippen molar-refractivity contribution in [2.24, 2.45) is 0 Å². The fraction of sp³-hybridized carbons (Fsp3) is 1.00. The predicted molar refractivity (Wildman–Crippen MR) is 70.2 cm³/mol. The number of aliphatic hydroxyl groups excluding tert-OH is 1. The number of β-amino-alcohol motifs (C(OH)–C–C–N with tert-alkyl or cyclic N) is 1. The zero-order valence-electron chi connectivity index (χ0n) is 10.9. The summed E-state index contributed by atoms with van der Waals surface area (Å²) in [5, 5.41) is 13.5. The van der Waals surface area contributed by atoms with E-state index in [2.05, 4.69) is 15.1 Å². The molecule has 0 bridgehead atoms. The lowest BCUT2D eigenvalue weighted by molar-refractivity contribution is 0.0688. The van der Waals surface area contributed by atoms with E-state index >= 15 is 0 Å². The van der Waals surface area contributed by atoms with Crippen molar-refractivity contribution in [3.8, 4) is 0 Å². The van der Waals surface area contributed by atoms with Gasteiger partial charge in [0.1, 0.15) is 0 Å². The third-order valence-corrected chi connectivity index (χ3v) is 3.82. The van der Waals surface area contributed by atoms with Crippen LogP contribution in [0, 0.1) is 0 Å². The van der Waals surface area contributed by atoms with Crippen LogP contribution in [0.5, 0.6) is 0 Å². The SMILES string of the molecule is OC(CN1CCCCC1)CN1CCCNCC1. The van der Waals surface area contributed by atoms with Crippen molar-refractivity contribution in [1.82, 2.24) is 15.1 Å². The van der Waals surface area contributed by atoms with E-state index in [1.54, 1.807) is 0 Å². The van der Waals surface area contributed by atoms with E-state index in [9.17, 15) is 5.11 Å². The van der Waals surface area contributed by atoms with Gasteiger partial charge < -0.3 is 15.3 Å². The molecule has 0 saturated carbocycles. The van der Waals surface area contributed by atoms with Gasteiger partial charge in [-0.3, -0.25) is 4.90 Å². The highest BCUT2D eigenvalue weighted by molar-refractivity contribution is 4.74. The van der Waals surface area contributed by atoms with Crippen LogP contribution in [0.3, 0.4) is 0 Å². The molecule has 0 aromatic carbocycles. The van der Waals surface area contributed by atoms with Gasteiger partial charge in [-0.1, -0.05) is 6.42 Å². The fourth-order valence-electron chi connectivity index (χ4n) is 2.88. The molecule has 2 aliphatic rings. The quantitative estimate of drug-likeness (QED) is 0.734. The summed E-state index contributed by atoms with van der Waals surface area (Å²) >= 11 is 0. The largest absolute Gasteiger partial charge is 0.390 e. The summed E-state index contributed by atoms with van der Waals surface area (Å²) in [7, 11) is 0. The van der Waals surface area contributed by atoms with Crippen molar-refractivity contribution < 1.29 is 5.11 Å². The molecule has 0 aromatic rings. The molecule has 2 rings (SSSR count). The molecule has 4 nitrogen and oxygen atoms in total. The van der Waals surface area contributed by atoms with Gasteiger partial charge in [-0.25, -0.2) is 0 Å². The van der Waals surface area contributed by atoms with Gasteiger partial charge in [0.2, 0.25) is 0 Å². The van der Waals surface area contributed by atoms with Gasteiger partial charge in [0.25, 0.3) is 0 Å².